The predicted molar refractivity (Wildman–Crippen MR) is 87.1 cm³/mol. The Kier molecular flexibility index (Phi) is 5.69. The molecule has 1 aliphatic rings. The highest BCUT2D eigenvalue weighted by atomic mass is 79.9. The Morgan fingerprint density at radius 3 is 2.89 bits per heavy atom. The van der Waals surface area contributed by atoms with Crippen LogP contribution in [0, 0.1) is 0 Å². The molecule has 2 atom stereocenters. The number of nitrogens with zero attached hydrogens (tertiary/aromatic N) is 2. The van der Waals surface area contributed by atoms with Crippen molar-refractivity contribution >= 4 is 38.9 Å². The van der Waals surface area contributed by atoms with E-state index in [1.807, 2.05) is 0 Å². The average molecular weight is 367 g/mol. The first-order chi connectivity index (χ1) is 9.02. The summed E-state index contributed by atoms with van der Waals surface area (Å²) in [5, 5.41) is 0. The van der Waals surface area contributed by atoms with E-state index in [0.29, 0.717) is 12.6 Å². The predicted octanol–water partition coefficient (Wildman–Crippen LogP) is 3.19. The van der Waals surface area contributed by atoms with Gasteiger partial charge in [0.25, 0.3) is 0 Å². The van der Waals surface area contributed by atoms with Gasteiger partial charge in [-0.25, -0.2) is 0 Å². The summed E-state index contributed by atoms with van der Waals surface area (Å²) < 4.78 is 1.79. The van der Waals surface area contributed by atoms with Crippen LogP contribution in [0.3, 0.4) is 0 Å². The summed E-state index contributed by atoms with van der Waals surface area (Å²) in [6, 6.07) is 2.90. The number of hydrogen-bond acceptors (Lipinski definition) is 4. The first-order valence-corrected chi connectivity index (χ1v) is 8.60. The lowest BCUT2D eigenvalue weighted by molar-refractivity contribution is 0.148. The first kappa shape index (κ1) is 15.7. The van der Waals surface area contributed by atoms with E-state index in [1.54, 1.807) is 11.3 Å². The molecule has 0 bridgehead atoms. The third-order valence-electron chi connectivity index (χ3n) is 3.71. The molecule has 2 heterocycles. The van der Waals surface area contributed by atoms with Crippen LogP contribution in [-0.4, -0.2) is 49.1 Å². The molecule has 1 aromatic rings. The molecule has 2 unspecified atom stereocenters. The molecule has 3 nitrogen and oxygen atoms in total. The summed E-state index contributed by atoms with van der Waals surface area (Å²) in [5.74, 6) is 0. The van der Waals surface area contributed by atoms with Crippen molar-refractivity contribution in [2.75, 3.05) is 33.2 Å². The van der Waals surface area contributed by atoms with Crippen molar-refractivity contribution in [3.05, 3.63) is 19.8 Å². The normalized spacial score (nSPS) is 24.4. The monoisotopic (exact) mass is 365 g/mol. The van der Waals surface area contributed by atoms with E-state index in [0.717, 1.165) is 28.4 Å². The smallest absolute Gasteiger partial charge is 0.107 e. The second kappa shape index (κ2) is 6.87. The van der Waals surface area contributed by atoms with E-state index in [1.165, 1.54) is 11.3 Å². The third-order valence-corrected chi connectivity index (χ3v) is 6.29. The Balaban J connectivity index is 2.20. The van der Waals surface area contributed by atoms with Gasteiger partial charge in [0.15, 0.2) is 0 Å². The lowest BCUT2D eigenvalue weighted by Gasteiger charge is -2.34. The van der Waals surface area contributed by atoms with Crippen molar-refractivity contribution in [3.63, 3.8) is 0 Å². The molecule has 6 heteroatoms. The molecular weight excluding hydrogens is 346 g/mol. The number of halogens is 2. The van der Waals surface area contributed by atoms with Gasteiger partial charge >= 0.3 is 0 Å². The highest BCUT2D eigenvalue weighted by Crippen LogP contribution is 2.37. The second-order valence-electron chi connectivity index (χ2n) is 5.22. The van der Waals surface area contributed by atoms with Gasteiger partial charge in [0.05, 0.1) is 6.04 Å². The van der Waals surface area contributed by atoms with Crippen LogP contribution in [0.1, 0.15) is 24.3 Å². The summed E-state index contributed by atoms with van der Waals surface area (Å²) in [4.78, 5) is 6.18. The van der Waals surface area contributed by atoms with Crippen LogP contribution in [0.15, 0.2) is 10.5 Å². The van der Waals surface area contributed by atoms with Gasteiger partial charge in [-0.15, -0.1) is 11.3 Å². The molecule has 0 spiro atoms. The Labute approximate surface area is 132 Å². The van der Waals surface area contributed by atoms with E-state index in [2.05, 4.69) is 45.8 Å². The molecule has 0 aromatic carbocycles. The van der Waals surface area contributed by atoms with Gasteiger partial charge < -0.3 is 10.6 Å². The lowest BCUT2D eigenvalue weighted by Crippen LogP contribution is -2.42. The van der Waals surface area contributed by atoms with Crippen molar-refractivity contribution in [2.45, 2.75) is 25.4 Å². The molecule has 0 amide bonds. The maximum Gasteiger partial charge on any atom is 0.107 e. The zero-order chi connectivity index (χ0) is 14.0. The fourth-order valence-electron chi connectivity index (χ4n) is 2.80. The average Bonchev–Trinajstić information content (AvgIpc) is 2.57. The summed E-state index contributed by atoms with van der Waals surface area (Å²) in [5.41, 5.74) is 6.04. The van der Waals surface area contributed by atoms with Gasteiger partial charge in [-0.05, 0) is 48.9 Å². The summed E-state index contributed by atoms with van der Waals surface area (Å²) >= 11 is 11.3. The molecule has 0 aliphatic carbocycles. The molecule has 1 saturated heterocycles. The van der Waals surface area contributed by atoms with Crippen LogP contribution in [0.25, 0.3) is 0 Å². The number of rotatable bonds is 3. The molecule has 0 radical (unpaired) electrons. The Hall–Kier alpha value is 0.350. The van der Waals surface area contributed by atoms with Gasteiger partial charge in [0.1, 0.15) is 4.34 Å². The van der Waals surface area contributed by atoms with Gasteiger partial charge in [-0.3, -0.25) is 4.90 Å². The summed E-state index contributed by atoms with van der Waals surface area (Å²) in [6.45, 7) is 6.27. The minimum atomic E-state index is 0.273. The molecule has 108 valence electrons. The largest absolute Gasteiger partial charge is 0.329 e. The number of hydrogen-bond donors (Lipinski definition) is 1. The number of likely N-dealkylation sites (N-methyl/N-ethyl adjacent to an activating group) is 1. The van der Waals surface area contributed by atoms with Crippen LogP contribution in [0.2, 0.25) is 4.34 Å². The summed E-state index contributed by atoms with van der Waals surface area (Å²) in [7, 11) is 2.19. The summed E-state index contributed by atoms with van der Waals surface area (Å²) in [6.07, 6.45) is 1.19. The van der Waals surface area contributed by atoms with Crippen molar-refractivity contribution in [2.24, 2.45) is 5.73 Å². The first-order valence-electron chi connectivity index (χ1n) is 6.62. The van der Waals surface area contributed by atoms with Gasteiger partial charge in [0.2, 0.25) is 0 Å². The quantitative estimate of drug-likeness (QED) is 0.891. The lowest BCUT2D eigenvalue weighted by atomic mass is 10.1. The maximum atomic E-state index is 6.17. The molecule has 1 fully saturated rings. The molecule has 1 aromatic heterocycles. The molecule has 2 N–H and O–H groups in total. The van der Waals surface area contributed by atoms with E-state index in [4.69, 9.17) is 17.3 Å². The van der Waals surface area contributed by atoms with Crippen molar-refractivity contribution in [1.82, 2.24) is 9.80 Å². The van der Waals surface area contributed by atoms with E-state index in [-0.39, 0.29) is 6.04 Å². The van der Waals surface area contributed by atoms with Gasteiger partial charge in [-0.1, -0.05) is 11.6 Å². The van der Waals surface area contributed by atoms with E-state index < -0.39 is 0 Å². The SMILES string of the molecule is CC1CN(C)CCCN1C(CN)c1cc(Br)c(Cl)s1. The van der Waals surface area contributed by atoms with Gasteiger partial charge in [-0.2, -0.15) is 0 Å². The minimum Gasteiger partial charge on any atom is -0.329 e. The Bertz CT molecular complexity index is 407. The van der Waals surface area contributed by atoms with Crippen molar-refractivity contribution in [3.8, 4) is 0 Å². The molecule has 19 heavy (non-hydrogen) atoms. The molecule has 0 saturated carbocycles. The van der Waals surface area contributed by atoms with E-state index >= 15 is 0 Å². The second-order valence-corrected chi connectivity index (χ2v) is 7.76. The van der Waals surface area contributed by atoms with Crippen LogP contribution in [0.5, 0.6) is 0 Å². The van der Waals surface area contributed by atoms with Crippen LogP contribution >= 0.6 is 38.9 Å². The molecule has 2 rings (SSSR count). The third kappa shape index (κ3) is 3.71. The molecular formula is C13H21BrClN3S. The zero-order valence-electron chi connectivity index (χ0n) is 11.4. The number of nitrogens with two attached hydrogens (primary N) is 1. The van der Waals surface area contributed by atoms with Crippen LogP contribution < -0.4 is 5.73 Å². The fourth-order valence-corrected chi connectivity index (χ4v) is 4.67. The Morgan fingerprint density at radius 1 is 1.58 bits per heavy atom. The zero-order valence-corrected chi connectivity index (χ0v) is 14.6. The highest BCUT2D eigenvalue weighted by Gasteiger charge is 2.28. The van der Waals surface area contributed by atoms with Crippen LogP contribution in [0.4, 0.5) is 0 Å². The van der Waals surface area contributed by atoms with Crippen molar-refractivity contribution < 1.29 is 0 Å². The van der Waals surface area contributed by atoms with Gasteiger partial charge in [0, 0.05) is 35.0 Å². The van der Waals surface area contributed by atoms with E-state index in [9.17, 15) is 0 Å². The topological polar surface area (TPSA) is 32.5 Å². The highest BCUT2D eigenvalue weighted by molar-refractivity contribution is 9.10. The molecule has 1 aliphatic heterocycles. The fraction of sp³-hybridized carbons (Fsp3) is 0.692. The van der Waals surface area contributed by atoms with Crippen LogP contribution in [-0.2, 0) is 0 Å². The standard InChI is InChI=1S/C13H21BrClN3S/c1-9-8-17(2)4-3-5-18(9)11(7-16)12-6-10(14)13(15)19-12/h6,9,11H,3-5,7-8,16H2,1-2H3. The maximum absolute atomic E-state index is 6.17. The van der Waals surface area contributed by atoms with Crippen molar-refractivity contribution in [1.29, 1.82) is 0 Å². The number of thiophene rings is 1. The minimum absolute atomic E-state index is 0.273. The Morgan fingerprint density at radius 2 is 2.32 bits per heavy atom.